The number of thiophene rings is 2. The van der Waals surface area contributed by atoms with E-state index in [2.05, 4.69) is 34.7 Å². The molecule has 35 heavy (non-hydrogen) atoms. The number of hydrogen-bond acceptors (Lipinski definition) is 8. The third-order valence-electron chi connectivity index (χ3n) is 5.48. The molecule has 182 valence electrons. The van der Waals surface area contributed by atoms with Gasteiger partial charge in [0.05, 0.1) is 12.9 Å². The Morgan fingerprint density at radius 1 is 1.11 bits per heavy atom. The lowest BCUT2D eigenvalue weighted by Crippen LogP contribution is -2.16. The van der Waals surface area contributed by atoms with Crippen LogP contribution >= 0.6 is 46.0 Å². The number of thioether (sulfide) groups is 1. The maximum absolute atomic E-state index is 12.8. The fraction of sp³-hybridized carbons (Fsp3) is 0.250. The molecule has 0 aliphatic carbocycles. The van der Waals surface area contributed by atoms with E-state index in [1.54, 1.807) is 23.5 Å². The zero-order chi connectivity index (χ0) is 25.1. The number of esters is 1. The molecule has 4 rings (SSSR count). The molecule has 0 atom stereocenters. The first-order chi connectivity index (χ1) is 16.8. The molecule has 0 spiro atoms. The number of aromatic nitrogens is 3. The predicted octanol–water partition coefficient (Wildman–Crippen LogP) is 6.54. The Hall–Kier alpha value is -2.66. The molecule has 0 saturated heterocycles. The van der Waals surface area contributed by atoms with Gasteiger partial charge in [-0.3, -0.25) is 4.79 Å². The number of halogens is 1. The van der Waals surface area contributed by atoms with Gasteiger partial charge in [-0.1, -0.05) is 35.5 Å². The van der Waals surface area contributed by atoms with Crippen molar-refractivity contribution in [2.24, 2.45) is 0 Å². The molecule has 1 amide bonds. The summed E-state index contributed by atoms with van der Waals surface area (Å²) in [6, 6.07) is 7.15. The summed E-state index contributed by atoms with van der Waals surface area (Å²) in [5.41, 5.74) is 4.06. The minimum Gasteiger partial charge on any atom is -0.465 e. The Morgan fingerprint density at radius 3 is 2.46 bits per heavy atom. The van der Waals surface area contributed by atoms with Gasteiger partial charge in [0.25, 0.3) is 0 Å². The van der Waals surface area contributed by atoms with Gasteiger partial charge >= 0.3 is 5.97 Å². The average Bonchev–Trinajstić information content (AvgIpc) is 3.55. The zero-order valence-electron chi connectivity index (χ0n) is 19.5. The van der Waals surface area contributed by atoms with Gasteiger partial charge in [0, 0.05) is 38.3 Å². The highest BCUT2D eigenvalue weighted by molar-refractivity contribution is 7.99. The molecule has 4 aromatic rings. The molecule has 7 nitrogen and oxygen atoms in total. The quantitative estimate of drug-likeness (QED) is 0.199. The van der Waals surface area contributed by atoms with E-state index in [1.165, 1.54) is 40.6 Å². The molecule has 0 aliphatic rings. The fourth-order valence-electron chi connectivity index (χ4n) is 3.50. The van der Waals surface area contributed by atoms with Crippen molar-refractivity contribution in [2.75, 3.05) is 18.2 Å². The minimum atomic E-state index is -0.518. The molecule has 3 aromatic heterocycles. The van der Waals surface area contributed by atoms with E-state index in [9.17, 15) is 9.59 Å². The normalized spacial score (nSPS) is 11.0. The maximum atomic E-state index is 12.8. The van der Waals surface area contributed by atoms with Gasteiger partial charge in [0.1, 0.15) is 10.6 Å². The van der Waals surface area contributed by atoms with Crippen molar-refractivity contribution in [1.29, 1.82) is 0 Å². The minimum absolute atomic E-state index is 0.120. The molecule has 0 bridgehead atoms. The second-order valence-corrected chi connectivity index (χ2v) is 10.9. The second-order valence-electron chi connectivity index (χ2n) is 7.57. The zero-order valence-corrected chi connectivity index (χ0v) is 22.8. The second kappa shape index (κ2) is 10.9. The van der Waals surface area contributed by atoms with Crippen molar-refractivity contribution in [3.63, 3.8) is 0 Å². The standard InChI is InChI=1S/C24H23ClN4O3S3/c1-5-29-21(17-10-33-14(3)13(17)2)27-28-24(29)35-12-19(30)26-22-20(23(31)32-4)18(11-34-22)15-6-8-16(25)9-7-15/h6-11H,5,12H2,1-4H3,(H,26,30). The number of amides is 1. The van der Waals surface area contributed by atoms with Crippen LogP contribution in [0.5, 0.6) is 0 Å². The molecule has 0 aliphatic heterocycles. The summed E-state index contributed by atoms with van der Waals surface area (Å²) in [4.78, 5) is 26.6. The molecule has 11 heteroatoms. The van der Waals surface area contributed by atoms with Crippen LogP contribution < -0.4 is 5.32 Å². The molecule has 1 aromatic carbocycles. The lowest BCUT2D eigenvalue weighted by Gasteiger charge is -2.09. The monoisotopic (exact) mass is 546 g/mol. The Kier molecular flexibility index (Phi) is 7.95. The Labute approximate surface area is 220 Å². The van der Waals surface area contributed by atoms with Gasteiger partial charge in [0.2, 0.25) is 5.91 Å². The van der Waals surface area contributed by atoms with Gasteiger partial charge < -0.3 is 14.6 Å². The molecule has 0 unspecified atom stereocenters. The van der Waals surface area contributed by atoms with Gasteiger partial charge in [0.15, 0.2) is 11.0 Å². The van der Waals surface area contributed by atoms with Crippen molar-refractivity contribution < 1.29 is 14.3 Å². The van der Waals surface area contributed by atoms with Crippen molar-refractivity contribution in [2.45, 2.75) is 32.5 Å². The van der Waals surface area contributed by atoms with E-state index in [0.717, 1.165) is 17.0 Å². The SMILES string of the molecule is CCn1c(SCC(=O)Nc2scc(-c3ccc(Cl)cc3)c2C(=O)OC)nnc1-c1csc(C)c1C. The third kappa shape index (κ3) is 5.30. The van der Waals surface area contributed by atoms with E-state index in [1.807, 2.05) is 29.0 Å². The molecule has 0 fully saturated rings. The van der Waals surface area contributed by atoms with E-state index < -0.39 is 5.97 Å². The number of ether oxygens (including phenoxy) is 1. The van der Waals surface area contributed by atoms with Crippen LogP contribution in [-0.2, 0) is 16.1 Å². The van der Waals surface area contributed by atoms with Crippen molar-refractivity contribution in [3.8, 4) is 22.5 Å². The van der Waals surface area contributed by atoms with Gasteiger partial charge in [-0.2, -0.15) is 0 Å². The number of nitrogens with zero attached hydrogens (tertiary/aromatic N) is 3. The molecule has 3 heterocycles. The van der Waals surface area contributed by atoms with Gasteiger partial charge in [-0.25, -0.2) is 4.79 Å². The highest BCUT2D eigenvalue weighted by atomic mass is 35.5. The largest absolute Gasteiger partial charge is 0.465 e. The average molecular weight is 547 g/mol. The van der Waals surface area contributed by atoms with E-state index in [0.29, 0.717) is 32.9 Å². The number of benzene rings is 1. The number of carbonyl (C=O) groups is 2. The molecule has 0 saturated carbocycles. The van der Waals surface area contributed by atoms with Crippen LogP contribution in [0.4, 0.5) is 5.00 Å². The van der Waals surface area contributed by atoms with Crippen LogP contribution in [0, 0.1) is 13.8 Å². The fourth-order valence-corrected chi connectivity index (χ4v) is 6.27. The van der Waals surface area contributed by atoms with E-state index in [4.69, 9.17) is 16.3 Å². The molecular weight excluding hydrogens is 524 g/mol. The van der Waals surface area contributed by atoms with Crippen molar-refractivity contribution in [3.05, 3.63) is 56.1 Å². The van der Waals surface area contributed by atoms with E-state index >= 15 is 0 Å². The highest BCUT2D eigenvalue weighted by Gasteiger charge is 2.23. The summed E-state index contributed by atoms with van der Waals surface area (Å²) in [6.07, 6.45) is 0. The first-order valence-corrected chi connectivity index (χ1v) is 13.8. The number of nitrogens with one attached hydrogen (secondary N) is 1. The Morgan fingerprint density at radius 2 is 1.83 bits per heavy atom. The van der Waals surface area contributed by atoms with Crippen molar-refractivity contribution >= 4 is 62.9 Å². The number of carbonyl (C=O) groups excluding carboxylic acids is 2. The lowest BCUT2D eigenvalue weighted by atomic mass is 10.0. The highest BCUT2D eigenvalue weighted by Crippen LogP contribution is 2.37. The number of rotatable bonds is 8. The third-order valence-corrected chi connectivity index (χ3v) is 8.61. The summed E-state index contributed by atoms with van der Waals surface area (Å²) in [7, 11) is 1.32. The molecular formula is C24H23ClN4O3S3. The first kappa shape index (κ1) is 25.4. The van der Waals surface area contributed by atoms with Crippen LogP contribution in [0.3, 0.4) is 0 Å². The van der Waals surface area contributed by atoms with Crippen LogP contribution in [0.2, 0.25) is 5.02 Å². The van der Waals surface area contributed by atoms with Crippen LogP contribution in [0.15, 0.2) is 40.2 Å². The summed E-state index contributed by atoms with van der Waals surface area (Å²) in [6.45, 7) is 6.87. The van der Waals surface area contributed by atoms with E-state index in [-0.39, 0.29) is 11.7 Å². The predicted molar refractivity (Wildman–Crippen MR) is 144 cm³/mol. The Bertz CT molecular complexity index is 1380. The summed E-state index contributed by atoms with van der Waals surface area (Å²) >= 11 is 10.3. The smallest absolute Gasteiger partial charge is 0.341 e. The first-order valence-electron chi connectivity index (χ1n) is 10.7. The number of aryl methyl sites for hydroxylation is 1. The van der Waals surface area contributed by atoms with Crippen LogP contribution in [0.1, 0.15) is 27.7 Å². The summed E-state index contributed by atoms with van der Waals surface area (Å²) in [5.74, 6) is 0.153. The maximum Gasteiger partial charge on any atom is 0.341 e. The summed E-state index contributed by atoms with van der Waals surface area (Å²) in [5, 5.41) is 17.2. The van der Waals surface area contributed by atoms with Gasteiger partial charge in [-0.05, 0) is 44.0 Å². The molecule has 1 N–H and O–H groups in total. The van der Waals surface area contributed by atoms with Crippen LogP contribution in [0.25, 0.3) is 22.5 Å². The summed E-state index contributed by atoms with van der Waals surface area (Å²) < 4.78 is 6.99. The molecule has 0 radical (unpaired) electrons. The topological polar surface area (TPSA) is 86.1 Å². The lowest BCUT2D eigenvalue weighted by molar-refractivity contribution is -0.113. The number of hydrogen-bond donors (Lipinski definition) is 1. The Balaban J connectivity index is 1.51. The van der Waals surface area contributed by atoms with Crippen LogP contribution in [-0.4, -0.2) is 39.5 Å². The van der Waals surface area contributed by atoms with Crippen molar-refractivity contribution in [1.82, 2.24) is 14.8 Å². The number of methoxy groups -OCH3 is 1. The van der Waals surface area contributed by atoms with Gasteiger partial charge in [-0.15, -0.1) is 32.9 Å². The number of anilines is 1.